The minimum atomic E-state index is -3.69. The highest BCUT2D eigenvalue weighted by Gasteiger charge is 2.31. The lowest BCUT2D eigenvalue weighted by Gasteiger charge is -2.32. The van der Waals surface area contributed by atoms with E-state index in [0.717, 1.165) is 11.8 Å². The zero-order valence-corrected chi connectivity index (χ0v) is 27.3. The summed E-state index contributed by atoms with van der Waals surface area (Å²) in [6.07, 6.45) is 1.62. The van der Waals surface area contributed by atoms with Crippen molar-refractivity contribution >= 4 is 50.7 Å². The fraction of sp³-hybridized carbons (Fsp3) is 0.375. The van der Waals surface area contributed by atoms with Crippen molar-refractivity contribution in [3.8, 4) is 5.75 Å². The SMILES string of the molecule is COc1ccc(N(CCCC(=O)N(Cc2ccccc2Cl)[C@H](Cc2ccccc2)C(=O)NCC(C)C)S(C)(=O)=O)cc1Cl. The van der Waals surface area contributed by atoms with Crippen molar-refractivity contribution in [1.29, 1.82) is 0 Å². The lowest BCUT2D eigenvalue weighted by atomic mass is 10.0. The number of carbonyl (C=O) groups is 2. The largest absolute Gasteiger partial charge is 0.495 e. The van der Waals surface area contributed by atoms with Gasteiger partial charge in [-0.2, -0.15) is 0 Å². The van der Waals surface area contributed by atoms with Crippen LogP contribution in [-0.4, -0.2) is 57.6 Å². The molecule has 0 aliphatic heterocycles. The zero-order valence-electron chi connectivity index (χ0n) is 24.9. The van der Waals surface area contributed by atoms with Gasteiger partial charge in [-0.05, 0) is 47.7 Å². The van der Waals surface area contributed by atoms with E-state index in [1.165, 1.54) is 17.5 Å². The number of carbonyl (C=O) groups excluding carboxylic acids is 2. The third-order valence-corrected chi connectivity index (χ3v) is 8.69. The van der Waals surface area contributed by atoms with E-state index in [4.69, 9.17) is 27.9 Å². The minimum absolute atomic E-state index is 0.00309. The highest BCUT2D eigenvalue weighted by Crippen LogP contribution is 2.30. The average Bonchev–Trinajstić information content (AvgIpc) is 2.96. The van der Waals surface area contributed by atoms with E-state index in [-0.39, 0.29) is 48.7 Å². The fourth-order valence-electron chi connectivity index (χ4n) is 4.60. The molecule has 0 aromatic heterocycles. The molecule has 0 spiro atoms. The molecule has 11 heteroatoms. The Hall–Kier alpha value is -3.27. The molecule has 0 bridgehead atoms. The Labute approximate surface area is 265 Å². The van der Waals surface area contributed by atoms with Crippen LogP contribution in [-0.2, 0) is 32.6 Å². The summed E-state index contributed by atoms with van der Waals surface area (Å²) in [5.41, 5.74) is 1.98. The van der Waals surface area contributed by atoms with Gasteiger partial charge in [-0.15, -0.1) is 0 Å². The third-order valence-electron chi connectivity index (χ3n) is 6.83. The van der Waals surface area contributed by atoms with Crippen LogP contribution in [0.1, 0.15) is 37.8 Å². The van der Waals surface area contributed by atoms with E-state index in [2.05, 4.69) is 5.32 Å². The lowest BCUT2D eigenvalue weighted by Crippen LogP contribution is -2.51. The van der Waals surface area contributed by atoms with Crippen molar-refractivity contribution in [2.45, 2.75) is 45.7 Å². The van der Waals surface area contributed by atoms with Crippen LogP contribution in [0.15, 0.2) is 72.8 Å². The minimum Gasteiger partial charge on any atom is -0.495 e. The van der Waals surface area contributed by atoms with Gasteiger partial charge in [-0.25, -0.2) is 8.42 Å². The van der Waals surface area contributed by atoms with Crippen LogP contribution >= 0.6 is 23.2 Å². The number of anilines is 1. The second-order valence-electron chi connectivity index (χ2n) is 10.7. The van der Waals surface area contributed by atoms with Gasteiger partial charge in [0.2, 0.25) is 21.8 Å². The van der Waals surface area contributed by atoms with Gasteiger partial charge in [0, 0.05) is 37.5 Å². The number of amides is 2. The standard InChI is InChI=1S/C32H39Cl2N3O5S/c1-23(2)21-35-32(39)29(19-24-11-6-5-7-12-24)36(22-25-13-8-9-14-27(25)33)31(38)15-10-18-37(43(4,40)41)26-16-17-30(42-3)28(34)20-26/h5-9,11-14,16-17,20,23,29H,10,15,18-19,21-22H2,1-4H3,(H,35,39)/t29-/m1/s1. The first-order valence-corrected chi connectivity index (χ1v) is 16.7. The van der Waals surface area contributed by atoms with E-state index < -0.39 is 16.1 Å². The Balaban J connectivity index is 1.89. The van der Waals surface area contributed by atoms with E-state index in [0.29, 0.717) is 35.0 Å². The molecule has 3 aromatic rings. The summed E-state index contributed by atoms with van der Waals surface area (Å²) >= 11 is 12.7. The van der Waals surface area contributed by atoms with Gasteiger partial charge in [0.05, 0.1) is 24.1 Å². The van der Waals surface area contributed by atoms with Gasteiger partial charge >= 0.3 is 0 Å². The normalized spacial score (nSPS) is 12.1. The number of sulfonamides is 1. The maximum absolute atomic E-state index is 13.9. The predicted octanol–water partition coefficient (Wildman–Crippen LogP) is 5.96. The molecule has 0 saturated carbocycles. The van der Waals surface area contributed by atoms with Crippen LogP contribution in [0.3, 0.4) is 0 Å². The lowest BCUT2D eigenvalue weighted by molar-refractivity contribution is -0.141. The maximum Gasteiger partial charge on any atom is 0.243 e. The molecule has 0 heterocycles. The molecular formula is C32H39Cl2N3O5S. The summed E-state index contributed by atoms with van der Waals surface area (Å²) in [5.74, 6) is 0.0947. The first-order chi connectivity index (χ1) is 20.4. The van der Waals surface area contributed by atoms with Crippen LogP contribution in [0, 0.1) is 5.92 Å². The second-order valence-corrected chi connectivity index (χ2v) is 13.4. The number of halogens is 2. The Morgan fingerprint density at radius 3 is 2.23 bits per heavy atom. The molecule has 2 amide bonds. The van der Waals surface area contributed by atoms with Crippen LogP contribution in [0.4, 0.5) is 5.69 Å². The van der Waals surface area contributed by atoms with Crippen molar-refractivity contribution in [2.75, 3.05) is 30.8 Å². The van der Waals surface area contributed by atoms with E-state index in [1.54, 1.807) is 29.2 Å². The molecule has 0 fully saturated rings. The quantitative estimate of drug-likeness (QED) is 0.220. The van der Waals surface area contributed by atoms with Crippen molar-refractivity contribution < 1.29 is 22.7 Å². The molecule has 0 unspecified atom stereocenters. The number of benzene rings is 3. The Morgan fingerprint density at radius 2 is 1.63 bits per heavy atom. The van der Waals surface area contributed by atoms with Crippen LogP contribution in [0.25, 0.3) is 0 Å². The summed E-state index contributed by atoms with van der Waals surface area (Å²) in [4.78, 5) is 29.1. The highest BCUT2D eigenvalue weighted by atomic mass is 35.5. The van der Waals surface area contributed by atoms with Crippen molar-refractivity contribution in [3.63, 3.8) is 0 Å². The summed E-state index contributed by atoms with van der Waals surface area (Å²) in [5, 5.41) is 3.75. The van der Waals surface area contributed by atoms with Crippen LogP contribution < -0.4 is 14.4 Å². The maximum atomic E-state index is 13.9. The van der Waals surface area contributed by atoms with E-state index in [9.17, 15) is 18.0 Å². The first kappa shape index (κ1) is 34.2. The summed E-state index contributed by atoms with van der Waals surface area (Å²) < 4.78 is 31.8. The number of nitrogens with zero attached hydrogens (tertiary/aromatic N) is 2. The fourth-order valence-corrected chi connectivity index (χ4v) is 6.01. The molecule has 0 saturated heterocycles. The summed E-state index contributed by atoms with van der Waals surface area (Å²) in [6, 6.07) is 20.6. The number of methoxy groups -OCH3 is 1. The summed E-state index contributed by atoms with van der Waals surface area (Å²) in [7, 11) is -2.21. The predicted molar refractivity (Wildman–Crippen MR) is 173 cm³/mol. The van der Waals surface area contributed by atoms with Gasteiger partial charge in [0.25, 0.3) is 0 Å². The van der Waals surface area contributed by atoms with E-state index >= 15 is 0 Å². The van der Waals surface area contributed by atoms with Crippen LogP contribution in [0.2, 0.25) is 10.0 Å². The molecular weight excluding hydrogens is 609 g/mol. The number of rotatable bonds is 15. The van der Waals surface area contributed by atoms with Crippen LogP contribution in [0.5, 0.6) is 5.75 Å². The molecule has 0 aliphatic carbocycles. The van der Waals surface area contributed by atoms with Gasteiger partial charge < -0.3 is 15.0 Å². The number of nitrogens with one attached hydrogen (secondary N) is 1. The van der Waals surface area contributed by atoms with Gasteiger partial charge in [0.1, 0.15) is 11.8 Å². The second kappa shape index (κ2) is 16.0. The average molecular weight is 649 g/mol. The number of hydrogen-bond acceptors (Lipinski definition) is 5. The highest BCUT2D eigenvalue weighted by molar-refractivity contribution is 7.92. The Morgan fingerprint density at radius 1 is 0.953 bits per heavy atom. The van der Waals surface area contributed by atoms with Gasteiger partial charge in [0.15, 0.2) is 0 Å². The molecule has 8 nitrogen and oxygen atoms in total. The van der Waals surface area contributed by atoms with Crippen molar-refractivity contribution in [2.24, 2.45) is 5.92 Å². The van der Waals surface area contributed by atoms with E-state index in [1.807, 2.05) is 56.3 Å². The molecule has 0 radical (unpaired) electrons. The summed E-state index contributed by atoms with van der Waals surface area (Å²) in [6.45, 7) is 4.63. The molecule has 1 atom stereocenters. The molecule has 3 rings (SSSR count). The monoisotopic (exact) mass is 647 g/mol. The van der Waals surface area contributed by atoms with Gasteiger partial charge in [-0.3, -0.25) is 13.9 Å². The number of ether oxygens (including phenoxy) is 1. The third kappa shape index (κ3) is 10.2. The van der Waals surface area contributed by atoms with Crippen molar-refractivity contribution in [3.05, 3.63) is 94.0 Å². The topological polar surface area (TPSA) is 96.0 Å². The van der Waals surface area contributed by atoms with Crippen molar-refractivity contribution in [1.82, 2.24) is 10.2 Å². The first-order valence-electron chi connectivity index (χ1n) is 14.1. The smallest absolute Gasteiger partial charge is 0.243 e. The molecule has 0 aliphatic rings. The Bertz CT molecular complexity index is 1490. The molecule has 43 heavy (non-hydrogen) atoms. The molecule has 3 aromatic carbocycles. The Kier molecular flexibility index (Phi) is 12.7. The molecule has 232 valence electrons. The zero-order chi connectivity index (χ0) is 31.6. The van der Waals surface area contributed by atoms with Gasteiger partial charge in [-0.1, -0.05) is 85.6 Å². The number of hydrogen-bond donors (Lipinski definition) is 1. The molecule has 1 N–H and O–H groups in total.